The van der Waals surface area contributed by atoms with Gasteiger partial charge in [-0.2, -0.15) is 0 Å². The number of carbonyl (C=O) groups excluding carboxylic acids is 1. The average molecular weight is 315 g/mol. The number of nitrogens with one attached hydrogen (secondary N) is 1. The van der Waals surface area contributed by atoms with Gasteiger partial charge in [0.15, 0.2) is 0 Å². The van der Waals surface area contributed by atoms with Crippen molar-refractivity contribution in [3.05, 3.63) is 38.9 Å². The van der Waals surface area contributed by atoms with E-state index >= 15 is 0 Å². The van der Waals surface area contributed by atoms with Gasteiger partial charge in [0.25, 0.3) is 11.6 Å². The van der Waals surface area contributed by atoms with Gasteiger partial charge in [0.2, 0.25) is 0 Å². The maximum absolute atomic E-state index is 12.2. The van der Waals surface area contributed by atoms with Gasteiger partial charge in [0.05, 0.1) is 11.5 Å². The van der Waals surface area contributed by atoms with Crippen molar-refractivity contribution >= 4 is 23.2 Å². The number of rotatable bonds is 7. The zero-order valence-electron chi connectivity index (χ0n) is 12.1. The van der Waals surface area contributed by atoms with E-state index in [1.807, 2.05) is 13.8 Å². The van der Waals surface area contributed by atoms with Gasteiger partial charge in [0, 0.05) is 23.0 Å². The third-order valence-corrected chi connectivity index (χ3v) is 4.09. The van der Waals surface area contributed by atoms with Gasteiger partial charge in [-0.3, -0.25) is 14.9 Å². The van der Waals surface area contributed by atoms with Gasteiger partial charge < -0.3 is 10.4 Å². The lowest BCUT2D eigenvalue weighted by molar-refractivity contribution is -0.385. The van der Waals surface area contributed by atoms with E-state index in [9.17, 15) is 20.0 Å². The lowest BCUT2D eigenvalue weighted by atomic mass is 9.83. The summed E-state index contributed by atoms with van der Waals surface area (Å²) in [5, 5.41) is 23.3. The first-order valence-corrected chi connectivity index (χ1v) is 7.10. The number of amides is 1. The fraction of sp³-hybridized carbons (Fsp3) is 0.500. The summed E-state index contributed by atoms with van der Waals surface area (Å²) in [5.41, 5.74) is -0.783. The van der Waals surface area contributed by atoms with Crippen molar-refractivity contribution in [1.29, 1.82) is 0 Å². The van der Waals surface area contributed by atoms with Crippen molar-refractivity contribution in [2.24, 2.45) is 5.41 Å². The number of hydrogen-bond donors (Lipinski definition) is 2. The zero-order chi connectivity index (χ0) is 16.0. The Balaban J connectivity index is 2.95. The van der Waals surface area contributed by atoms with Gasteiger partial charge in [-0.15, -0.1) is 0 Å². The Hall–Kier alpha value is -1.66. The SMILES string of the molecule is CCC(CC)(CO)CNC(=O)c1cc(Cl)ccc1[N+](=O)[O-]. The number of hydrogen-bond acceptors (Lipinski definition) is 4. The van der Waals surface area contributed by atoms with Gasteiger partial charge in [0.1, 0.15) is 5.56 Å². The number of benzene rings is 1. The van der Waals surface area contributed by atoms with Crippen molar-refractivity contribution in [3.63, 3.8) is 0 Å². The number of aliphatic hydroxyl groups is 1. The molecule has 6 nitrogen and oxygen atoms in total. The lowest BCUT2D eigenvalue weighted by Crippen LogP contribution is -2.39. The van der Waals surface area contributed by atoms with Gasteiger partial charge >= 0.3 is 0 Å². The number of nitro benzene ring substituents is 1. The molecule has 0 heterocycles. The predicted molar refractivity (Wildman–Crippen MR) is 80.5 cm³/mol. The Morgan fingerprint density at radius 2 is 2.05 bits per heavy atom. The van der Waals surface area contributed by atoms with E-state index in [0.29, 0.717) is 12.8 Å². The minimum absolute atomic E-state index is 0.0576. The molecule has 0 saturated carbocycles. The van der Waals surface area contributed by atoms with Crippen LogP contribution in [0.4, 0.5) is 5.69 Å². The second-order valence-electron chi connectivity index (χ2n) is 4.97. The molecule has 0 atom stereocenters. The van der Waals surface area contributed by atoms with Crippen LogP contribution in [0.2, 0.25) is 5.02 Å². The van der Waals surface area contributed by atoms with E-state index in [1.54, 1.807) is 0 Å². The largest absolute Gasteiger partial charge is 0.396 e. The molecule has 1 amide bonds. The summed E-state index contributed by atoms with van der Waals surface area (Å²) in [6.45, 7) is 4.04. The number of aliphatic hydroxyl groups excluding tert-OH is 1. The Bertz CT molecular complexity index is 521. The maximum atomic E-state index is 12.2. The number of halogens is 1. The monoisotopic (exact) mass is 314 g/mol. The molecule has 116 valence electrons. The summed E-state index contributed by atoms with van der Waals surface area (Å²) in [6, 6.07) is 3.84. The minimum atomic E-state index is -0.621. The normalized spacial score (nSPS) is 11.2. The molecule has 0 bridgehead atoms. The molecule has 0 spiro atoms. The smallest absolute Gasteiger partial charge is 0.282 e. The molecule has 0 unspecified atom stereocenters. The number of nitro groups is 1. The van der Waals surface area contributed by atoms with Crippen LogP contribution in [0, 0.1) is 15.5 Å². The third kappa shape index (κ3) is 4.15. The Morgan fingerprint density at radius 3 is 2.52 bits per heavy atom. The lowest BCUT2D eigenvalue weighted by Gasteiger charge is -2.29. The Labute approximate surface area is 128 Å². The van der Waals surface area contributed by atoms with Crippen molar-refractivity contribution in [3.8, 4) is 0 Å². The van der Waals surface area contributed by atoms with Crippen LogP contribution in [-0.4, -0.2) is 29.1 Å². The minimum Gasteiger partial charge on any atom is -0.396 e. The molecule has 7 heteroatoms. The van der Waals surface area contributed by atoms with Crippen LogP contribution < -0.4 is 5.32 Å². The van der Waals surface area contributed by atoms with E-state index < -0.39 is 16.2 Å². The topological polar surface area (TPSA) is 92.5 Å². The fourth-order valence-electron chi connectivity index (χ4n) is 1.99. The van der Waals surface area contributed by atoms with Crippen molar-refractivity contribution in [2.75, 3.05) is 13.2 Å². The first kappa shape index (κ1) is 17.4. The van der Waals surface area contributed by atoms with Gasteiger partial charge in [-0.05, 0) is 25.0 Å². The first-order chi connectivity index (χ1) is 9.89. The second-order valence-corrected chi connectivity index (χ2v) is 5.40. The van der Waals surface area contributed by atoms with Crippen LogP contribution in [0.3, 0.4) is 0 Å². The molecular weight excluding hydrogens is 296 g/mol. The molecule has 0 aliphatic carbocycles. The van der Waals surface area contributed by atoms with E-state index in [2.05, 4.69) is 5.32 Å². The van der Waals surface area contributed by atoms with Crippen LogP contribution in [0.1, 0.15) is 37.0 Å². The van der Waals surface area contributed by atoms with Crippen LogP contribution in [0.15, 0.2) is 18.2 Å². The molecule has 0 radical (unpaired) electrons. The van der Waals surface area contributed by atoms with E-state index in [-0.39, 0.29) is 29.4 Å². The molecule has 2 N–H and O–H groups in total. The maximum Gasteiger partial charge on any atom is 0.282 e. The van der Waals surface area contributed by atoms with E-state index in [0.717, 1.165) is 0 Å². The second kappa shape index (κ2) is 7.38. The predicted octanol–water partition coefficient (Wildman–Crippen LogP) is 2.78. The Morgan fingerprint density at radius 1 is 1.43 bits per heavy atom. The zero-order valence-corrected chi connectivity index (χ0v) is 12.8. The quantitative estimate of drug-likeness (QED) is 0.598. The Kier molecular flexibility index (Phi) is 6.11. The summed E-state index contributed by atoms with van der Waals surface area (Å²) < 4.78 is 0. The first-order valence-electron chi connectivity index (χ1n) is 6.72. The number of nitrogens with zero attached hydrogens (tertiary/aromatic N) is 1. The van der Waals surface area contributed by atoms with Crippen LogP contribution >= 0.6 is 11.6 Å². The van der Waals surface area contributed by atoms with Crippen molar-refractivity contribution in [1.82, 2.24) is 5.32 Å². The van der Waals surface area contributed by atoms with Crippen LogP contribution in [-0.2, 0) is 0 Å². The highest BCUT2D eigenvalue weighted by Gasteiger charge is 2.27. The van der Waals surface area contributed by atoms with Crippen LogP contribution in [0.5, 0.6) is 0 Å². The molecule has 0 aliphatic heterocycles. The highest BCUT2D eigenvalue weighted by molar-refractivity contribution is 6.31. The standard InChI is InChI=1S/C14H19ClN2O4/c1-3-14(4-2,9-18)8-16-13(19)11-7-10(15)5-6-12(11)17(20)21/h5-7,18H,3-4,8-9H2,1-2H3,(H,16,19). The highest BCUT2D eigenvalue weighted by atomic mass is 35.5. The molecule has 0 fully saturated rings. The van der Waals surface area contributed by atoms with Gasteiger partial charge in [-0.25, -0.2) is 0 Å². The number of carbonyl (C=O) groups is 1. The summed E-state index contributed by atoms with van der Waals surface area (Å²) in [6.07, 6.45) is 1.38. The molecule has 21 heavy (non-hydrogen) atoms. The summed E-state index contributed by atoms with van der Waals surface area (Å²) in [5.74, 6) is -0.566. The van der Waals surface area contributed by atoms with Crippen molar-refractivity contribution in [2.45, 2.75) is 26.7 Å². The summed E-state index contributed by atoms with van der Waals surface area (Å²) >= 11 is 5.79. The van der Waals surface area contributed by atoms with Crippen molar-refractivity contribution < 1.29 is 14.8 Å². The molecule has 1 aromatic carbocycles. The third-order valence-electron chi connectivity index (χ3n) is 3.86. The van der Waals surface area contributed by atoms with Crippen LogP contribution in [0.25, 0.3) is 0 Å². The van der Waals surface area contributed by atoms with Gasteiger partial charge in [-0.1, -0.05) is 25.4 Å². The molecule has 0 aromatic heterocycles. The fourth-order valence-corrected chi connectivity index (χ4v) is 2.16. The van der Waals surface area contributed by atoms with E-state index in [4.69, 9.17) is 11.6 Å². The molecule has 1 rings (SSSR count). The molecule has 0 aliphatic rings. The summed E-state index contributed by atoms with van der Waals surface area (Å²) in [4.78, 5) is 22.5. The molecule has 0 saturated heterocycles. The molecule has 1 aromatic rings. The molecular formula is C14H19ClN2O4. The highest BCUT2D eigenvalue weighted by Crippen LogP contribution is 2.26. The summed E-state index contributed by atoms with van der Waals surface area (Å²) in [7, 11) is 0. The van der Waals surface area contributed by atoms with E-state index in [1.165, 1.54) is 18.2 Å². The average Bonchev–Trinajstić information content (AvgIpc) is 2.48.